The van der Waals surface area contributed by atoms with E-state index in [-0.39, 0.29) is 5.92 Å². The van der Waals surface area contributed by atoms with Crippen LogP contribution < -0.4 is 0 Å². The summed E-state index contributed by atoms with van der Waals surface area (Å²) in [7, 11) is 0. The van der Waals surface area contributed by atoms with Crippen molar-refractivity contribution >= 4 is 5.78 Å². The largest absolute Gasteiger partial charge is 0.303 e. The average molecular weight is 348 g/mol. The molecule has 0 bridgehead atoms. The van der Waals surface area contributed by atoms with E-state index in [1.165, 1.54) is 24.9 Å². The topological polar surface area (TPSA) is 38.1 Å². The quantitative estimate of drug-likeness (QED) is 0.625. The molecule has 2 rings (SSSR count). The van der Waals surface area contributed by atoms with Crippen LogP contribution in [0.3, 0.4) is 0 Å². The second-order valence-corrected chi connectivity index (χ2v) is 7.99. The van der Waals surface area contributed by atoms with E-state index < -0.39 is 0 Å². The standard InChI is InChI=1S/C21H37N3O/c1-5-17(3)20-13-22-24(16-20)15-19-9-7-11-23(14-19)12-8-10-21(25)18(4)6-2/h13,16-19H,5-12,14-15H2,1-4H3/t17?,18?,19-/m1/s1. The third-order valence-corrected chi connectivity index (χ3v) is 5.94. The summed E-state index contributed by atoms with van der Waals surface area (Å²) in [5, 5.41) is 4.57. The number of ketones is 1. The summed E-state index contributed by atoms with van der Waals surface area (Å²) >= 11 is 0. The van der Waals surface area contributed by atoms with Gasteiger partial charge in [-0.15, -0.1) is 0 Å². The summed E-state index contributed by atoms with van der Waals surface area (Å²) in [6.07, 6.45) is 10.7. The maximum absolute atomic E-state index is 12.0. The fraction of sp³-hybridized carbons (Fsp3) is 0.810. The Balaban J connectivity index is 1.75. The van der Waals surface area contributed by atoms with Crippen molar-refractivity contribution in [2.45, 2.75) is 78.7 Å². The maximum atomic E-state index is 12.0. The van der Waals surface area contributed by atoms with Crippen LogP contribution in [0.15, 0.2) is 12.4 Å². The molecule has 142 valence electrons. The molecular weight excluding hydrogens is 310 g/mol. The first-order valence-corrected chi connectivity index (χ1v) is 10.3. The first kappa shape index (κ1) is 20.2. The van der Waals surface area contributed by atoms with Gasteiger partial charge in [-0.25, -0.2) is 0 Å². The number of Topliss-reactive ketones (excluding diaryl/α,β-unsaturated/α-hetero) is 1. The normalized spacial score (nSPS) is 21.2. The molecule has 3 atom stereocenters. The summed E-state index contributed by atoms with van der Waals surface area (Å²) in [6, 6.07) is 0. The van der Waals surface area contributed by atoms with E-state index in [1.54, 1.807) is 0 Å². The highest BCUT2D eigenvalue weighted by Gasteiger charge is 2.21. The molecule has 2 unspecified atom stereocenters. The monoisotopic (exact) mass is 347 g/mol. The van der Waals surface area contributed by atoms with Gasteiger partial charge in [0.1, 0.15) is 5.78 Å². The fourth-order valence-corrected chi connectivity index (χ4v) is 3.69. The number of nitrogens with zero attached hydrogens (tertiary/aromatic N) is 3. The Bertz CT molecular complexity index is 525. The van der Waals surface area contributed by atoms with Crippen molar-refractivity contribution < 1.29 is 4.79 Å². The van der Waals surface area contributed by atoms with Gasteiger partial charge in [0.2, 0.25) is 0 Å². The third-order valence-electron chi connectivity index (χ3n) is 5.94. The summed E-state index contributed by atoms with van der Waals surface area (Å²) in [5.74, 6) is 1.95. The van der Waals surface area contributed by atoms with Crippen molar-refractivity contribution in [3.05, 3.63) is 18.0 Å². The zero-order valence-corrected chi connectivity index (χ0v) is 16.7. The van der Waals surface area contributed by atoms with Crippen LogP contribution in [-0.4, -0.2) is 40.1 Å². The molecule has 1 aromatic rings. The minimum Gasteiger partial charge on any atom is -0.303 e. The number of rotatable bonds is 10. The number of carbonyl (C=O) groups excluding carboxylic acids is 1. The Morgan fingerprint density at radius 2 is 2.12 bits per heavy atom. The molecule has 25 heavy (non-hydrogen) atoms. The lowest BCUT2D eigenvalue weighted by Gasteiger charge is -2.32. The second kappa shape index (κ2) is 10.1. The van der Waals surface area contributed by atoms with E-state index >= 15 is 0 Å². The molecule has 4 heteroatoms. The van der Waals surface area contributed by atoms with Gasteiger partial charge in [-0.05, 0) is 62.6 Å². The Labute approximate surface area is 154 Å². The minimum atomic E-state index is 0.230. The zero-order chi connectivity index (χ0) is 18.2. The first-order valence-electron chi connectivity index (χ1n) is 10.3. The lowest BCUT2D eigenvalue weighted by Crippen LogP contribution is -2.37. The van der Waals surface area contributed by atoms with E-state index in [0.29, 0.717) is 17.6 Å². The zero-order valence-electron chi connectivity index (χ0n) is 16.7. The first-order chi connectivity index (χ1) is 12.0. The highest BCUT2D eigenvalue weighted by Crippen LogP contribution is 2.21. The van der Waals surface area contributed by atoms with Gasteiger partial charge in [0, 0.05) is 31.6 Å². The highest BCUT2D eigenvalue weighted by molar-refractivity contribution is 5.80. The van der Waals surface area contributed by atoms with Crippen LogP contribution in [0.4, 0.5) is 0 Å². The number of likely N-dealkylation sites (tertiary alicyclic amines) is 1. The van der Waals surface area contributed by atoms with Crippen molar-refractivity contribution in [1.29, 1.82) is 0 Å². The van der Waals surface area contributed by atoms with Crippen LogP contribution in [0.2, 0.25) is 0 Å². The summed E-state index contributed by atoms with van der Waals surface area (Å²) in [6.45, 7) is 13.1. The van der Waals surface area contributed by atoms with E-state index in [1.807, 2.05) is 6.20 Å². The number of aromatic nitrogens is 2. The average Bonchev–Trinajstić information content (AvgIpc) is 3.09. The molecule has 1 aromatic heterocycles. The predicted molar refractivity (Wildman–Crippen MR) is 104 cm³/mol. The summed E-state index contributed by atoms with van der Waals surface area (Å²) in [5.41, 5.74) is 1.36. The minimum absolute atomic E-state index is 0.230. The lowest BCUT2D eigenvalue weighted by atomic mass is 9.96. The van der Waals surface area contributed by atoms with Gasteiger partial charge in [0.25, 0.3) is 0 Å². The van der Waals surface area contributed by atoms with E-state index in [0.717, 1.165) is 45.3 Å². The number of hydrogen-bond donors (Lipinski definition) is 0. The fourth-order valence-electron chi connectivity index (χ4n) is 3.69. The molecule has 1 aliphatic heterocycles. The van der Waals surface area contributed by atoms with Crippen LogP contribution in [0.1, 0.15) is 77.7 Å². The van der Waals surface area contributed by atoms with Crippen molar-refractivity contribution in [3.8, 4) is 0 Å². The molecule has 0 aromatic carbocycles. The molecular formula is C21H37N3O. The summed E-state index contributed by atoms with van der Waals surface area (Å²) < 4.78 is 2.14. The van der Waals surface area contributed by atoms with Crippen molar-refractivity contribution in [2.75, 3.05) is 19.6 Å². The van der Waals surface area contributed by atoms with Gasteiger partial charge in [-0.3, -0.25) is 9.48 Å². The number of hydrogen-bond acceptors (Lipinski definition) is 3. The number of carbonyl (C=O) groups is 1. The highest BCUT2D eigenvalue weighted by atomic mass is 16.1. The van der Waals surface area contributed by atoms with Gasteiger partial charge in [-0.1, -0.05) is 27.7 Å². The predicted octanol–water partition coefficient (Wildman–Crippen LogP) is 4.50. The molecule has 0 aliphatic carbocycles. The van der Waals surface area contributed by atoms with Crippen LogP contribution in [-0.2, 0) is 11.3 Å². The van der Waals surface area contributed by atoms with Gasteiger partial charge in [0.05, 0.1) is 6.20 Å². The lowest BCUT2D eigenvalue weighted by molar-refractivity contribution is -0.122. The molecule has 0 radical (unpaired) electrons. The molecule has 1 fully saturated rings. The summed E-state index contributed by atoms with van der Waals surface area (Å²) in [4.78, 5) is 14.5. The molecule has 0 saturated carbocycles. The molecule has 2 heterocycles. The van der Waals surface area contributed by atoms with E-state index in [2.05, 4.69) is 48.6 Å². The van der Waals surface area contributed by atoms with E-state index in [4.69, 9.17) is 0 Å². The molecule has 1 saturated heterocycles. The van der Waals surface area contributed by atoms with Gasteiger partial charge < -0.3 is 4.90 Å². The second-order valence-electron chi connectivity index (χ2n) is 7.99. The molecule has 0 amide bonds. The van der Waals surface area contributed by atoms with Gasteiger partial charge in [0.15, 0.2) is 0 Å². The Morgan fingerprint density at radius 3 is 2.84 bits per heavy atom. The SMILES string of the molecule is CCC(C)C(=O)CCCN1CCC[C@@H](Cn2cc(C(C)CC)cn2)C1. The van der Waals surface area contributed by atoms with Crippen LogP contribution in [0.5, 0.6) is 0 Å². The van der Waals surface area contributed by atoms with Crippen LogP contribution >= 0.6 is 0 Å². The Kier molecular flexibility index (Phi) is 8.14. The van der Waals surface area contributed by atoms with Crippen LogP contribution in [0, 0.1) is 11.8 Å². The van der Waals surface area contributed by atoms with Crippen molar-refractivity contribution in [2.24, 2.45) is 11.8 Å². The van der Waals surface area contributed by atoms with Gasteiger partial charge in [-0.2, -0.15) is 5.10 Å². The Morgan fingerprint density at radius 1 is 1.32 bits per heavy atom. The number of piperidine rings is 1. The van der Waals surface area contributed by atoms with Crippen molar-refractivity contribution in [3.63, 3.8) is 0 Å². The van der Waals surface area contributed by atoms with Gasteiger partial charge >= 0.3 is 0 Å². The molecule has 1 aliphatic rings. The molecule has 0 spiro atoms. The van der Waals surface area contributed by atoms with Crippen molar-refractivity contribution in [1.82, 2.24) is 14.7 Å². The molecule has 4 nitrogen and oxygen atoms in total. The maximum Gasteiger partial charge on any atom is 0.135 e. The Hall–Kier alpha value is -1.16. The smallest absolute Gasteiger partial charge is 0.135 e. The van der Waals surface area contributed by atoms with E-state index in [9.17, 15) is 4.79 Å². The molecule has 0 N–H and O–H groups in total. The third kappa shape index (κ3) is 6.25. The van der Waals surface area contributed by atoms with Crippen LogP contribution in [0.25, 0.3) is 0 Å².